The van der Waals surface area contributed by atoms with E-state index < -0.39 is 0 Å². The van der Waals surface area contributed by atoms with Crippen molar-refractivity contribution in [1.29, 1.82) is 0 Å². The second-order valence-electron chi connectivity index (χ2n) is 2.99. The minimum absolute atomic E-state index is 0. The van der Waals surface area contributed by atoms with Crippen LogP contribution in [-0.2, 0) is 4.74 Å². The van der Waals surface area contributed by atoms with E-state index in [1.165, 1.54) is 6.20 Å². The number of rotatable bonds is 2. The van der Waals surface area contributed by atoms with Gasteiger partial charge in [0.2, 0.25) is 0 Å². The zero-order valence-corrected chi connectivity index (χ0v) is 9.53. The third-order valence-corrected chi connectivity index (χ3v) is 1.96. The molecular formula is C11H11ClN2O2. The van der Waals surface area contributed by atoms with E-state index in [9.17, 15) is 4.79 Å². The summed E-state index contributed by atoms with van der Waals surface area (Å²) in [5.74, 6) is -0.351. The van der Waals surface area contributed by atoms with E-state index in [4.69, 9.17) is 4.74 Å². The predicted molar refractivity (Wildman–Crippen MR) is 62.7 cm³/mol. The van der Waals surface area contributed by atoms with Gasteiger partial charge in [0.25, 0.3) is 0 Å². The van der Waals surface area contributed by atoms with E-state index >= 15 is 0 Å². The summed E-state index contributed by atoms with van der Waals surface area (Å²) in [4.78, 5) is 19.5. The maximum Gasteiger partial charge on any atom is 0.339 e. The standard InChI is InChI=1S/C11H10N2O2.ClH/c1-2-15-11(14)9-6-8-4-3-5-12-10(8)13-7-9;/h3-7H,2H2,1H3;1H. The van der Waals surface area contributed by atoms with Crippen LogP contribution in [0.3, 0.4) is 0 Å². The predicted octanol–water partition coefficient (Wildman–Crippen LogP) is 2.23. The van der Waals surface area contributed by atoms with Gasteiger partial charge in [-0.25, -0.2) is 14.8 Å². The monoisotopic (exact) mass is 238 g/mol. The lowest BCUT2D eigenvalue weighted by atomic mass is 10.2. The van der Waals surface area contributed by atoms with E-state index in [0.29, 0.717) is 17.8 Å². The molecule has 0 saturated heterocycles. The minimum Gasteiger partial charge on any atom is -0.462 e. The molecule has 16 heavy (non-hydrogen) atoms. The molecule has 0 aliphatic heterocycles. The van der Waals surface area contributed by atoms with E-state index in [2.05, 4.69) is 9.97 Å². The van der Waals surface area contributed by atoms with Crippen LogP contribution in [-0.4, -0.2) is 22.5 Å². The van der Waals surface area contributed by atoms with Crippen molar-refractivity contribution in [2.24, 2.45) is 0 Å². The number of fused-ring (bicyclic) bond motifs is 1. The van der Waals surface area contributed by atoms with Crippen LogP contribution in [0.5, 0.6) is 0 Å². The van der Waals surface area contributed by atoms with Crippen LogP contribution < -0.4 is 0 Å². The van der Waals surface area contributed by atoms with Gasteiger partial charge in [0.05, 0.1) is 12.2 Å². The first-order valence-corrected chi connectivity index (χ1v) is 4.69. The maximum atomic E-state index is 11.4. The van der Waals surface area contributed by atoms with Gasteiger partial charge in [-0.2, -0.15) is 0 Å². The quantitative estimate of drug-likeness (QED) is 0.753. The molecule has 0 unspecified atom stereocenters. The highest BCUT2D eigenvalue weighted by atomic mass is 35.5. The molecular weight excluding hydrogens is 228 g/mol. The number of esters is 1. The summed E-state index contributed by atoms with van der Waals surface area (Å²) in [6.45, 7) is 2.14. The van der Waals surface area contributed by atoms with Crippen molar-refractivity contribution in [3.05, 3.63) is 36.2 Å². The first-order valence-electron chi connectivity index (χ1n) is 4.69. The molecule has 5 heteroatoms. The third kappa shape index (κ3) is 2.46. The third-order valence-electron chi connectivity index (χ3n) is 1.96. The van der Waals surface area contributed by atoms with Gasteiger partial charge in [0, 0.05) is 17.8 Å². The fourth-order valence-electron chi connectivity index (χ4n) is 1.29. The number of halogens is 1. The number of ether oxygens (including phenoxy) is 1. The first kappa shape index (κ1) is 12.4. The molecule has 0 saturated carbocycles. The SMILES string of the molecule is CCOC(=O)c1cnc2ncccc2c1.Cl. The van der Waals surface area contributed by atoms with Crippen molar-refractivity contribution in [2.75, 3.05) is 6.61 Å². The van der Waals surface area contributed by atoms with E-state index in [-0.39, 0.29) is 18.4 Å². The summed E-state index contributed by atoms with van der Waals surface area (Å²) in [5, 5.41) is 0.836. The van der Waals surface area contributed by atoms with Gasteiger partial charge in [-0.05, 0) is 25.1 Å². The van der Waals surface area contributed by atoms with Crippen LogP contribution >= 0.6 is 12.4 Å². The normalized spacial score (nSPS) is 9.56. The summed E-state index contributed by atoms with van der Waals surface area (Å²) < 4.78 is 4.88. The summed E-state index contributed by atoms with van der Waals surface area (Å²) in [6.07, 6.45) is 3.15. The molecule has 0 aliphatic rings. The number of hydrogen-bond donors (Lipinski definition) is 0. The number of hydrogen-bond acceptors (Lipinski definition) is 4. The smallest absolute Gasteiger partial charge is 0.339 e. The lowest BCUT2D eigenvalue weighted by Crippen LogP contribution is -2.05. The summed E-state index contributed by atoms with van der Waals surface area (Å²) in [5.41, 5.74) is 1.09. The summed E-state index contributed by atoms with van der Waals surface area (Å²) >= 11 is 0. The Morgan fingerprint density at radius 1 is 1.44 bits per heavy atom. The van der Waals surface area contributed by atoms with E-state index in [0.717, 1.165) is 5.39 Å². The van der Waals surface area contributed by atoms with Crippen LogP contribution in [0.1, 0.15) is 17.3 Å². The van der Waals surface area contributed by atoms with Crippen molar-refractivity contribution >= 4 is 29.4 Å². The Bertz CT molecular complexity index is 502. The van der Waals surface area contributed by atoms with Crippen molar-refractivity contribution in [1.82, 2.24) is 9.97 Å². The highest BCUT2D eigenvalue weighted by molar-refractivity contribution is 5.92. The van der Waals surface area contributed by atoms with Crippen molar-refractivity contribution in [2.45, 2.75) is 6.92 Å². The molecule has 84 valence electrons. The van der Waals surface area contributed by atoms with Gasteiger partial charge in [-0.1, -0.05) is 0 Å². The Kier molecular flexibility index (Phi) is 4.19. The lowest BCUT2D eigenvalue weighted by Gasteiger charge is -2.01. The topological polar surface area (TPSA) is 52.1 Å². The van der Waals surface area contributed by atoms with Gasteiger partial charge in [-0.3, -0.25) is 0 Å². The Morgan fingerprint density at radius 2 is 2.25 bits per heavy atom. The number of carbonyl (C=O) groups is 1. The highest BCUT2D eigenvalue weighted by Crippen LogP contribution is 2.10. The number of aromatic nitrogens is 2. The van der Waals surface area contributed by atoms with Crippen molar-refractivity contribution in [3.63, 3.8) is 0 Å². The molecule has 0 aromatic carbocycles. The zero-order valence-electron chi connectivity index (χ0n) is 8.71. The fourth-order valence-corrected chi connectivity index (χ4v) is 1.29. The largest absolute Gasteiger partial charge is 0.462 e. The van der Waals surface area contributed by atoms with Crippen LogP contribution in [0.15, 0.2) is 30.6 Å². The van der Waals surface area contributed by atoms with Gasteiger partial charge in [-0.15, -0.1) is 12.4 Å². The molecule has 2 heterocycles. The van der Waals surface area contributed by atoms with Gasteiger partial charge in [0.1, 0.15) is 0 Å². The number of pyridine rings is 2. The van der Waals surface area contributed by atoms with Crippen LogP contribution in [0.25, 0.3) is 11.0 Å². The Labute approximate surface area is 99.1 Å². The molecule has 0 radical (unpaired) electrons. The highest BCUT2D eigenvalue weighted by Gasteiger charge is 2.07. The molecule has 0 atom stereocenters. The van der Waals surface area contributed by atoms with Gasteiger partial charge in [0.15, 0.2) is 5.65 Å². The Morgan fingerprint density at radius 3 is 3.00 bits per heavy atom. The van der Waals surface area contributed by atoms with Crippen LogP contribution in [0.2, 0.25) is 0 Å². The Hall–Kier alpha value is -1.68. The average molecular weight is 239 g/mol. The molecule has 2 aromatic heterocycles. The molecule has 0 bridgehead atoms. The molecule has 0 N–H and O–H groups in total. The summed E-state index contributed by atoms with van der Waals surface area (Å²) in [6, 6.07) is 5.39. The van der Waals surface area contributed by atoms with Crippen LogP contribution in [0, 0.1) is 0 Å². The zero-order chi connectivity index (χ0) is 10.7. The van der Waals surface area contributed by atoms with Crippen LogP contribution in [0.4, 0.5) is 0 Å². The lowest BCUT2D eigenvalue weighted by molar-refractivity contribution is 0.0526. The van der Waals surface area contributed by atoms with Gasteiger partial charge < -0.3 is 4.74 Å². The van der Waals surface area contributed by atoms with Gasteiger partial charge >= 0.3 is 5.97 Å². The maximum absolute atomic E-state index is 11.4. The molecule has 2 rings (SSSR count). The molecule has 4 nitrogen and oxygen atoms in total. The second kappa shape index (κ2) is 5.42. The van der Waals surface area contributed by atoms with Crippen molar-refractivity contribution in [3.8, 4) is 0 Å². The van der Waals surface area contributed by atoms with Crippen molar-refractivity contribution < 1.29 is 9.53 Å². The molecule has 2 aromatic rings. The first-order chi connectivity index (χ1) is 7.31. The minimum atomic E-state index is -0.351. The fraction of sp³-hybridized carbons (Fsp3) is 0.182. The number of nitrogens with zero attached hydrogens (tertiary/aromatic N) is 2. The molecule has 0 aliphatic carbocycles. The number of carbonyl (C=O) groups excluding carboxylic acids is 1. The van der Waals surface area contributed by atoms with E-state index in [1.54, 1.807) is 25.3 Å². The average Bonchev–Trinajstić information content (AvgIpc) is 2.29. The molecule has 0 fully saturated rings. The van der Waals surface area contributed by atoms with E-state index in [1.807, 2.05) is 6.07 Å². The molecule has 0 spiro atoms. The second-order valence-corrected chi connectivity index (χ2v) is 2.99. The molecule has 0 amide bonds. The summed E-state index contributed by atoms with van der Waals surface area (Å²) in [7, 11) is 0. The Balaban J connectivity index is 0.00000128.